The van der Waals surface area contributed by atoms with Crippen molar-refractivity contribution in [3.8, 4) is 0 Å². The summed E-state index contributed by atoms with van der Waals surface area (Å²) in [4.78, 5) is 36.3. The minimum absolute atomic E-state index is 0.0665. The van der Waals surface area contributed by atoms with Crippen molar-refractivity contribution in [1.29, 1.82) is 0 Å². The molecule has 0 aliphatic carbocycles. The first-order valence-corrected chi connectivity index (χ1v) is 6.77. The Kier molecular flexibility index (Phi) is 6.89. The van der Waals surface area contributed by atoms with Gasteiger partial charge >= 0.3 is 12.0 Å². The number of aliphatic hydroxyl groups is 1. The summed E-state index contributed by atoms with van der Waals surface area (Å²) in [6.07, 6.45) is -0.1000. The Labute approximate surface area is 122 Å². The van der Waals surface area contributed by atoms with Gasteiger partial charge in [0.25, 0.3) is 0 Å². The number of nitrogens with zero attached hydrogens (tertiary/aromatic N) is 1. The quantitative estimate of drug-likeness (QED) is 0.466. The molecule has 2 atom stereocenters. The maximum absolute atomic E-state index is 12.1. The maximum Gasteiger partial charge on any atom is 0.326 e. The Bertz CT molecular complexity index is 389. The second-order valence-corrected chi connectivity index (χ2v) is 4.53. The number of aliphatic carboxylic acids is 1. The lowest BCUT2D eigenvalue weighted by Crippen LogP contribution is -2.60. The van der Waals surface area contributed by atoms with Crippen LogP contribution in [0.1, 0.15) is 13.3 Å². The molecule has 0 bridgehead atoms. The van der Waals surface area contributed by atoms with Gasteiger partial charge in [0, 0.05) is 26.1 Å². The van der Waals surface area contributed by atoms with Crippen LogP contribution in [-0.4, -0.2) is 78.0 Å². The summed E-state index contributed by atoms with van der Waals surface area (Å²) in [6, 6.07) is -2.64. The highest BCUT2D eigenvalue weighted by molar-refractivity contribution is 5.89. The van der Waals surface area contributed by atoms with Crippen LogP contribution in [0.15, 0.2) is 0 Å². The number of urea groups is 1. The molecule has 1 rings (SSSR count). The Balaban J connectivity index is 2.72. The van der Waals surface area contributed by atoms with Gasteiger partial charge in [-0.15, -0.1) is 0 Å². The summed E-state index contributed by atoms with van der Waals surface area (Å²) in [5, 5.41) is 22.7. The predicted octanol–water partition coefficient (Wildman–Crippen LogP) is -1.63. The van der Waals surface area contributed by atoms with E-state index in [0.717, 1.165) is 0 Å². The monoisotopic (exact) mass is 303 g/mol. The molecule has 9 heteroatoms. The number of rotatable bonds is 6. The van der Waals surface area contributed by atoms with Crippen molar-refractivity contribution in [2.45, 2.75) is 25.4 Å². The average molecular weight is 303 g/mol. The number of likely N-dealkylation sites (N-methyl/N-ethyl adjacent to an activating group) is 1. The summed E-state index contributed by atoms with van der Waals surface area (Å²) in [5.74, 6) is -1.58. The van der Waals surface area contributed by atoms with Crippen molar-refractivity contribution in [3.05, 3.63) is 0 Å². The Hall–Kier alpha value is -1.87. The standard InChI is InChI=1S/C12H21N3O6/c1-2-13-10(17)9-7-21-6-4-15(9)12(20)14-8(3-5-16)11(18)19/h8-9,16H,2-7H2,1H3,(H,13,17)(H,14,20)(H,18,19)/t8-,9?/m0/s1. The first-order chi connectivity index (χ1) is 10.0. The number of amides is 3. The minimum Gasteiger partial charge on any atom is -0.480 e. The molecule has 0 aromatic heterocycles. The zero-order valence-electron chi connectivity index (χ0n) is 11.9. The molecule has 1 fully saturated rings. The number of carboxylic acid groups (broad SMARTS) is 1. The van der Waals surface area contributed by atoms with Crippen LogP contribution in [0.25, 0.3) is 0 Å². The van der Waals surface area contributed by atoms with E-state index in [1.54, 1.807) is 6.92 Å². The van der Waals surface area contributed by atoms with Crippen molar-refractivity contribution in [1.82, 2.24) is 15.5 Å². The van der Waals surface area contributed by atoms with E-state index in [4.69, 9.17) is 14.9 Å². The fraction of sp³-hybridized carbons (Fsp3) is 0.750. The molecule has 3 amide bonds. The van der Waals surface area contributed by atoms with Crippen LogP contribution in [0.4, 0.5) is 4.79 Å². The van der Waals surface area contributed by atoms with Gasteiger partial charge in [0.1, 0.15) is 12.1 Å². The number of carbonyl (C=O) groups excluding carboxylic acids is 2. The van der Waals surface area contributed by atoms with Gasteiger partial charge in [0.2, 0.25) is 5.91 Å². The lowest BCUT2D eigenvalue weighted by atomic mass is 10.2. The van der Waals surface area contributed by atoms with E-state index in [2.05, 4.69) is 10.6 Å². The normalized spacial score (nSPS) is 19.7. The van der Waals surface area contributed by atoms with E-state index in [1.165, 1.54) is 4.90 Å². The van der Waals surface area contributed by atoms with Gasteiger partial charge in [-0.1, -0.05) is 0 Å². The van der Waals surface area contributed by atoms with E-state index in [-0.39, 0.29) is 38.7 Å². The molecule has 1 aliphatic rings. The number of carbonyl (C=O) groups is 3. The smallest absolute Gasteiger partial charge is 0.326 e. The molecular formula is C12H21N3O6. The highest BCUT2D eigenvalue weighted by atomic mass is 16.5. The highest BCUT2D eigenvalue weighted by Crippen LogP contribution is 2.08. The number of hydrogen-bond acceptors (Lipinski definition) is 5. The van der Waals surface area contributed by atoms with Crippen LogP contribution in [0.2, 0.25) is 0 Å². The van der Waals surface area contributed by atoms with Gasteiger partial charge < -0.3 is 30.5 Å². The lowest BCUT2D eigenvalue weighted by molar-refractivity contribution is -0.139. The molecule has 0 aromatic rings. The molecule has 0 spiro atoms. The second kappa shape index (κ2) is 8.42. The maximum atomic E-state index is 12.1. The Morgan fingerprint density at radius 1 is 1.43 bits per heavy atom. The second-order valence-electron chi connectivity index (χ2n) is 4.53. The largest absolute Gasteiger partial charge is 0.480 e. The molecule has 0 saturated carbocycles. The van der Waals surface area contributed by atoms with Crippen LogP contribution in [-0.2, 0) is 14.3 Å². The number of aliphatic hydroxyl groups excluding tert-OH is 1. The summed E-state index contributed by atoms with van der Waals surface area (Å²) in [7, 11) is 0. The van der Waals surface area contributed by atoms with Gasteiger partial charge in [-0.25, -0.2) is 9.59 Å². The molecule has 0 aromatic carbocycles. The van der Waals surface area contributed by atoms with E-state index in [9.17, 15) is 14.4 Å². The fourth-order valence-corrected chi connectivity index (χ4v) is 1.97. The molecule has 1 heterocycles. The van der Waals surface area contributed by atoms with Gasteiger partial charge in [-0.05, 0) is 6.92 Å². The van der Waals surface area contributed by atoms with Gasteiger partial charge in [-0.2, -0.15) is 0 Å². The zero-order chi connectivity index (χ0) is 15.8. The number of hydrogen-bond donors (Lipinski definition) is 4. The molecule has 9 nitrogen and oxygen atoms in total. The first kappa shape index (κ1) is 17.2. The predicted molar refractivity (Wildman–Crippen MR) is 71.7 cm³/mol. The van der Waals surface area contributed by atoms with Crippen molar-refractivity contribution in [2.24, 2.45) is 0 Å². The van der Waals surface area contributed by atoms with Gasteiger partial charge in [-0.3, -0.25) is 4.79 Å². The molecule has 1 aliphatic heterocycles. The molecular weight excluding hydrogens is 282 g/mol. The lowest BCUT2D eigenvalue weighted by Gasteiger charge is -2.35. The molecule has 21 heavy (non-hydrogen) atoms. The summed E-state index contributed by atoms with van der Waals surface area (Å²) >= 11 is 0. The molecule has 4 N–H and O–H groups in total. The summed E-state index contributed by atoms with van der Waals surface area (Å²) < 4.78 is 5.19. The van der Waals surface area contributed by atoms with Crippen LogP contribution in [0, 0.1) is 0 Å². The molecule has 1 unspecified atom stereocenters. The molecule has 1 saturated heterocycles. The molecule has 0 radical (unpaired) electrons. The van der Waals surface area contributed by atoms with Crippen LogP contribution >= 0.6 is 0 Å². The number of nitrogens with one attached hydrogen (secondary N) is 2. The van der Waals surface area contributed by atoms with E-state index >= 15 is 0 Å². The first-order valence-electron chi connectivity index (χ1n) is 6.77. The SMILES string of the molecule is CCNC(=O)C1COCCN1C(=O)N[C@@H](CCO)C(=O)O. The fourth-order valence-electron chi connectivity index (χ4n) is 1.97. The van der Waals surface area contributed by atoms with Crippen molar-refractivity contribution in [3.63, 3.8) is 0 Å². The third-order valence-corrected chi connectivity index (χ3v) is 3.06. The Morgan fingerprint density at radius 2 is 2.14 bits per heavy atom. The Morgan fingerprint density at radius 3 is 2.71 bits per heavy atom. The zero-order valence-corrected chi connectivity index (χ0v) is 11.9. The van der Waals surface area contributed by atoms with Crippen LogP contribution in [0.3, 0.4) is 0 Å². The van der Waals surface area contributed by atoms with Gasteiger partial charge in [0.15, 0.2) is 0 Å². The average Bonchev–Trinajstić information content (AvgIpc) is 2.46. The number of carboxylic acids is 1. The van der Waals surface area contributed by atoms with E-state index in [1.807, 2.05) is 0 Å². The van der Waals surface area contributed by atoms with Crippen molar-refractivity contribution < 1.29 is 29.3 Å². The number of ether oxygens (including phenoxy) is 1. The van der Waals surface area contributed by atoms with Crippen LogP contribution in [0.5, 0.6) is 0 Å². The minimum atomic E-state index is -1.24. The topological polar surface area (TPSA) is 128 Å². The number of morpholine rings is 1. The molecule has 120 valence electrons. The van der Waals surface area contributed by atoms with Crippen molar-refractivity contribution in [2.75, 3.05) is 32.9 Å². The van der Waals surface area contributed by atoms with Crippen molar-refractivity contribution >= 4 is 17.9 Å². The van der Waals surface area contributed by atoms with Gasteiger partial charge in [0.05, 0.1) is 13.2 Å². The van der Waals surface area contributed by atoms with Crippen LogP contribution < -0.4 is 10.6 Å². The van der Waals surface area contributed by atoms with E-state index in [0.29, 0.717) is 6.54 Å². The third kappa shape index (κ3) is 4.87. The third-order valence-electron chi connectivity index (χ3n) is 3.06. The highest BCUT2D eigenvalue weighted by Gasteiger charge is 2.34. The summed E-state index contributed by atoms with van der Waals surface area (Å²) in [6.45, 7) is 2.36. The van der Waals surface area contributed by atoms with E-state index < -0.39 is 24.1 Å². The summed E-state index contributed by atoms with van der Waals surface area (Å²) in [5.41, 5.74) is 0.